The largest absolute Gasteiger partial charge is 0.473 e. The van der Waals surface area contributed by atoms with E-state index in [0.717, 1.165) is 24.0 Å². The number of carbonyl (C=O) groups is 1. The summed E-state index contributed by atoms with van der Waals surface area (Å²) in [4.78, 5) is 18.7. The zero-order chi connectivity index (χ0) is 22.6. The van der Waals surface area contributed by atoms with E-state index in [1.807, 2.05) is 39.1 Å². The molecule has 0 saturated carbocycles. The molecule has 31 heavy (non-hydrogen) atoms. The van der Waals surface area contributed by atoms with E-state index in [1.165, 1.54) is 6.26 Å². The van der Waals surface area contributed by atoms with Crippen molar-refractivity contribution in [3.05, 3.63) is 53.7 Å². The van der Waals surface area contributed by atoms with E-state index < -0.39 is 15.4 Å². The highest BCUT2D eigenvalue weighted by Crippen LogP contribution is 2.29. The van der Waals surface area contributed by atoms with Gasteiger partial charge in [-0.2, -0.15) is 0 Å². The van der Waals surface area contributed by atoms with Crippen molar-refractivity contribution < 1.29 is 22.7 Å². The molecular formula is C23H30N2O5S. The normalized spacial score (nSPS) is 15.5. The maximum absolute atomic E-state index is 12.2. The van der Waals surface area contributed by atoms with E-state index >= 15 is 0 Å². The van der Waals surface area contributed by atoms with Crippen LogP contribution in [-0.4, -0.2) is 49.3 Å². The molecule has 3 rings (SSSR count). The molecule has 168 valence electrons. The van der Waals surface area contributed by atoms with Crippen LogP contribution in [-0.2, 0) is 21.2 Å². The van der Waals surface area contributed by atoms with Gasteiger partial charge in [0.2, 0.25) is 5.88 Å². The lowest BCUT2D eigenvalue weighted by Crippen LogP contribution is -2.41. The van der Waals surface area contributed by atoms with Crippen LogP contribution in [0.2, 0.25) is 0 Å². The van der Waals surface area contributed by atoms with E-state index in [2.05, 4.69) is 4.98 Å². The molecule has 1 aliphatic rings. The van der Waals surface area contributed by atoms with Gasteiger partial charge in [-0.15, -0.1) is 0 Å². The van der Waals surface area contributed by atoms with Gasteiger partial charge in [0.1, 0.15) is 12.2 Å². The minimum atomic E-state index is -3.20. The van der Waals surface area contributed by atoms with Crippen molar-refractivity contribution in [2.24, 2.45) is 0 Å². The molecule has 2 heterocycles. The molecule has 1 amide bonds. The maximum atomic E-state index is 12.2. The molecule has 1 aliphatic heterocycles. The highest BCUT2D eigenvalue weighted by molar-refractivity contribution is 7.90. The molecule has 1 saturated heterocycles. The van der Waals surface area contributed by atoms with Gasteiger partial charge in [-0.05, 0) is 62.8 Å². The number of aromatic nitrogens is 1. The van der Waals surface area contributed by atoms with Crippen LogP contribution in [0.1, 0.15) is 50.7 Å². The molecule has 8 heteroatoms. The Morgan fingerprint density at radius 3 is 2.26 bits per heavy atom. The minimum absolute atomic E-state index is 0.252. The number of hydrogen-bond acceptors (Lipinski definition) is 6. The summed E-state index contributed by atoms with van der Waals surface area (Å²) in [5.74, 6) is 0.867. The SMILES string of the molecule is CC(C)(C)OC(=O)N1CCC(c2ccc(OCc3ccc(S(C)(=O)=O)cc3)nc2)CC1. The third-order valence-corrected chi connectivity index (χ3v) is 6.24. The number of nitrogens with zero attached hydrogens (tertiary/aromatic N) is 2. The van der Waals surface area contributed by atoms with Crippen LogP contribution in [0.5, 0.6) is 5.88 Å². The molecule has 1 fully saturated rings. The van der Waals surface area contributed by atoms with Gasteiger partial charge in [0, 0.05) is 31.6 Å². The second kappa shape index (κ2) is 9.26. The number of benzene rings is 1. The fourth-order valence-electron chi connectivity index (χ4n) is 3.43. The summed E-state index contributed by atoms with van der Waals surface area (Å²) >= 11 is 0. The van der Waals surface area contributed by atoms with Crippen molar-refractivity contribution in [1.29, 1.82) is 0 Å². The summed E-state index contributed by atoms with van der Waals surface area (Å²) in [6, 6.07) is 10.5. The summed E-state index contributed by atoms with van der Waals surface area (Å²) in [5, 5.41) is 0. The Bertz CT molecular complexity index is 988. The van der Waals surface area contributed by atoms with Crippen molar-refractivity contribution in [3.63, 3.8) is 0 Å². The molecule has 0 bridgehead atoms. The third kappa shape index (κ3) is 6.69. The summed E-state index contributed by atoms with van der Waals surface area (Å²) in [6.07, 6.45) is 4.50. The van der Waals surface area contributed by atoms with Crippen LogP contribution >= 0.6 is 0 Å². The van der Waals surface area contributed by atoms with Crippen LogP contribution in [0.3, 0.4) is 0 Å². The second-order valence-electron chi connectivity index (χ2n) is 8.88. The van der Waals surface area contributed by atoms with E-state index in [4.69, 9.17) is 9.47 Å². The van der Waals surface area contributed by atoms with Gasteiger partial charge in [0.05, 0.1) is 4.90 Å². The number of ether oxygens (including phenoxy) is 2. The number of sulfone groups is 1. The lowest BCUT2D eigenvalue weighted by Gasteiger charge is -2.33. The van der Waals surface area contributed by atoms with E-state index in [1.54, 1.807) is 29.2 Å². The van der Waals surface area contributed by atoms with Gasteiger partial charge in [0.25, 0.3) is 0 Å². The summed E-state index contributed by atoms with van der Waals surface area (Å²) in [6.45, 7) is 7.26. The number of amides is 1. The standard InChI is InChI=1S/C23H30N2O5S/c1-23(2,3)30-22(26)25-13-11-18(12-14-25)19-7-10-21(24-15-19)29-16-17-5-8-20(9-6-17)31(4,27)28/h5-10,15,18H,11-14,16H2,1-4H3. The molecule has 1 aromatic heterocycles. The van der Waals surface area contributed by atoms with E-state index in [0.29, 0.717) is 31.5 Å². The number of pyridine rings is 1. The number of rotatable bonds is 5. The number of piperidine rings is 1. The molecule has 0 unspecified atom stereocenters. The predicted octanol–water partition coefficient (Wildman–Crippen LogP) is 4.18. The number of carbonyl (C=O) groups excluding carboxylic acids is 1. The third-order valence-electron chi connectivity index (χ3n) is 5.12. The zero-order valence-electron chi connectivity index (χ0n) is 18.5. The highest BCUT2D eigenvalue weighted by atomic mass is 32.2. The Morgan fingerprint density at radius 2 is 1.74 bits per heavy atom. The molecular weight excluding hydrogens is 416 g/mol. The van der Waals surface area contributed by atoms with Crippen molar-refractivity contribution in [2.75, 3.05) is 19.3 Å². The fourth-order valence-corrected chi connectivity index (χ4v) is 4.06. The number of hydrogen-bond donors (Lipinski definition) is 0. The van der Waals surface area contributed by atoms with Crippen LogP contribution in [0.25, 0.3) is 0 Å². The predicted molar refractivity (Wildman–Crippen MR) is 118 cm³/mol. The molecule has 0 atom stereocenters. The monoisotopic (exact) mass is 446 g/mol. The Balaban J connectivity index is 1.50. The van der Waals surface area contributed by atoms with Gasteiger partial charge < -0.3 is 14.4 Å². The average molecular weight is 447 g/mol. The molecule has 0 spiro atoms. The second-order valence-corrected chi connectivity index (χ2v) is 10.9. The van der Waals surface area contributed by atoms with Crippen LogP contribution in [0.4, 0.5) is 4.79 Å². The molecule has 0 radical (unpaired) electrons. The van der Waals surface area contributed by atoms with Gasteiger partial charge >= 0.3 is 6.09 Å². The number of likely N-dealkylation sites (tertiary alicyclic amines) is 1. The molecule has 2 aromatic rings. The van der Waals surface area contributed by atoms with Gasteiger partial charge in [-0.3, -0.25) is 0 Å². The van der Waals surface area contributed by atoms with E-state index in [-0.39, 0.29) is 11.0 Å². The first kappa shape index (κ1) is 23.1. The molecule has 0 N–H and O–H groups in total. The highest BCUT2D eigenvalue weighted by Gasteiger charge is 2.27. The van der Waals surface area contributed by atoms with E-state index in [9.17, 15) is 13.2 Å². The quantitative estimate of drug-likeness (QED) is 0.685. The summed E-state index contributed by atoms with van der Waals surface area (Å²) in [7, 11) is -3.20. The smallest absolute Gasteiger partial charge is 0.410 e. The minimum Gasteiger partial charge on any atom is -0.473 e. The Kier molecular flexibility index (Phi) is 6.89. The topological polar surface area (TPSA) is 85.8 Å². The van der Waals surface area contributed by atoms with Crippen LogP contribution in [0.15, 0.2) is 47.5 Å². The van der Waals surface area contributed by atoms with Crippen LogP contribution in [0, 0.1) is 0 Å². The van der Waals surface area contributed by atoms with Gasteiger partial charge in [-0.25, -0.2) is 18.2 Å². The van der Waals surface area contributed by atoms with Crippen molar-refractivity contribution >= 4 is 15.9 Å². The van der Waals surface area contributed by atoms with Gasteiger partial charge in [-0.1, -0.05) is 18.2 Å². The first-order valence-corrected chi connectivity index (χ1v) is 12.3. The first-order valence-electron chi connectivity index (χ1n) is 10.4. The lowest BCUT2D eigenvalue weighted by atomic mass is 9.91. The van der Waals surface area contributed by atoms with Crippen LogP contribution < -0.4 is 4.74 Å². The Labute approximate surface area is 184 Å². The molecule has 1 aromatic carbocycles. The van der Waals surface area contributed by atoms with Crippen molar-refractivity contribution in [1.82, 2.24) is 9.88 Å². The molecule has 7 nitrogen and oxygen atoms in total. The average Bonchev–Trinajstić information content (AvgIpc) is 2.71. The Morgan fingerprint density at radius 1 is 1.10 bits per heavy atom. The maximum Gasteiger partial charge on any atom is 0.410 e. The summed E-state index contributed by atoms with van der Waals surface area (Å²) < 4.78 is 34.2. The first-order chi connectivity index (χ1) is 14.5. The van der Waals surface area contributed by atoms with Crippen molar-refractivity contribution in [2.45, 2.75) is 56.6 Å². The van der Waals surface area contributed by atoms with Crippen molar-refractivity contribution in [3.8, 4) is 5.88 Å². The van der Waals surface area contributed by atoms with Gasteiger partial charge in [0.15, 0.2) is 9.84 Å². The molecule has 0 aliphatic carbocycles. The fraction of sp³-hybridized carbons (Fsp3) is 0.478. The lowest BCUT2D eigenvalue weighted by molar-refractivity contribution is 0.0205. The Hall–Kier alpha value is -2.61. The zero-order valence-corrected chi connectivity index (χ0v) is 19.3. The summed E-state index contributed by atoms with van der Waals surface area (Å²) in [5.41, 5.74) is 1.52.